The van der Waals surface area contributed by atoms with Gasteiger partial charge in [-0.2, -0.15) is 0 Å². The van der Waals surface area contributed by atoms with Gasteiger partial charge in [0.2, 0.25) is 0 Å². The molecule has 0 unspecified atom stereocenters. The molecule has 0 atom stereocenters. The third-order valence-corrected chi connectivity index (χ3v) is 11.0. The van der Waals surface area contributed by atoms with Crippen LogP contribution in [-0.2, 0) is 0 Å². The second-order valence-electron chi connectivity index (χ2n) is 14.1. The van der Waals surface area contributed by atoms with Crippen LogP contribution in [0.25, 0.3) is 82.5 Å². The maximum atomic E-state index is 6.74. The molecule has 0 aliphatic carbocycles. The van der Waals surface area contributed by atoms with Crippen molar-refractivity contribution in [2.24, 2.45) is 0 Å². The molecular formula is C52H34N2O. The number of rotatable bonds is 6. The minimum atomic E-state index is 0.858. The fourth-order valence-electron chi connectivity index (χ4n) is 8.47. The van der Waals surface area contributed by atoms with Crippen molar-refractivity contribution in [3.63, 3.8) is 0 Å². The first-order valence-electron chi connectivity index (χ1n) is 18.8. The molecule has 258 valence electrons. The van der Waals surface area contributed by atoms with Crippen molar-refractivity contribution in [3.05, 3.63) is 206 Å². The number of hydrogen-bond acceptors (Lipinski definition) is 2. The molecule has 11 aromatic rings. The van der Waals surface area contributed by atoms with Gasteiger partial charge < -0.3 is 13.9 Å². The van der Waals surface area contributed by atoms with E-state index in [1.54, 1.807) is 0 Å². The summed E-state index contributed by atoms with van der Waals surface area (Å²) in [6.07, 6.45) is 0. The van der Waals surface area contributed by atoms with E-state index in [4.69, 9.17) is 4.42 Å². The van der Waals surface area contributed by atoms with Gasteiger partial charge in [-0.1, -0.05) is 158 Å². The van der Waals surface area contributed by atoms with Gasteiger partial charge in [0.15, 0.2) is 5.58 Å². The Kier molecular flexibility index (Phi) is 7.17. The number of furan rings is 1. The number of benzene rings is 9. The molecule has 0 fully saturated rings. The molecule has 0 bridgehead atoms. The van der Waals surface area contributed by atoms with Crippen LogP contribution in [-0.4, -0.2) is 4.57 Å². The lowest BCUT2D eigenvalue weighted by Gasteiger charge is -2.28. The Morgan fingerprint density at radius 1 is 0.364 bits per heavy atom. The standard InChI is InChI=1S/C52H34N2O/c1-3-14-35(15-4-1)36-26-28-37(29-27-36)40-32-33-48(42-19-8-7-18-41(40)42)54(49-24-13-22-46-45-21-10-12-25-51(45)55-52(46)49)39-30-31-44-43-20-9-11-23-47(43)53(50(44)34-39)38-16-5-2-6-17-38/h1-34H. The van der Waals surface area contributed by atoms with Gasteiger partial charge in [-0.15, -0.1) is 0 Å². The maximum absolute atomic E-state index is 6.74. The highest BCUT2D eigenvalue weighted by atomic mass is 16.3. The summed E-state index contributed by atoms with van der Waals surface area (Å²) >= 11 is 0. The third-order valence-electron chi connectivity index (χ3n) is 11.0. The van der Waals surface area contributed by atoms with E-state index in [0.29, 0.717) is 0 Å². The molecule has 2 aromatic heterocycles. The number of aromatic nitrogens is 1. The van der Waals surface area contributed by atoms with Crippen LogP contribution in [0.4, 0.5) is 17.1 Å². The first-order chi connectivity index (χ1) is 27.3. The second-order valence-corrected chi connectivity index (χ2v) is 14.1. The molecule has 2 heterocycles. The Bertz CT molecular complexity index is 3190. The van der Waals surface area contributed by atoms with Crippen LogP contribution >= 0.6 is 0 Å². The summed E-state index contributed by atoms with van der Waals surface area (Å²) in [5.41, 5.74) is 13.1. The summed E-state index contributed by atoms with van der Waals surface area (Å²) in [6, 6.07) is 73.9. The van der Waals surface area contributed by atoms with Crippen LogP contribution in [0.5, 0.6) is 0 Å². The zero-order valence-electron chi connectivity index (χ0n) is 29.9. The first kappa shape index (κ1) is 31.2. The molecule has 55 heavy (non-hydrogen) atoms. The van der Waals surface area contributed by atoms with Gasteiger partial charge in [0.1, 0.15) is 5.58 Å². The SMILES string of the molecule is c1ccc(-c2ccc(-c3ccc(N(c4ccc5c6ccccc6n(-c6ccccc6)c5c4)c4cccc5c4oc4ccccc45)c4ccccc34)cc2)cc1. The normalized spacial score (nSPS) is 11.6. The van der Waals surface area contributed by atoms with Gasteiger partial charge >= 0.3 is 0 Å². The Balaban J connectivity index is 1.16. The largest absolute Gasteiger partial charge is 0.454 e. The van der Waals surface area contributed by atoms with E-state index in [-0.39, 0.29) is 0 Å². The summed E-state index contributed by atoms with van der Waals surface area (Å²) in [6.45, 7) is 0. The van der Waals surface area contributed by atoms with Gasteiger partial charge in [-0.3, -0.25) is 0 Å². The molecule has 0 radical (unpaired) electrons. The lowest BCUT2D eigenvalue weighted by molar-refractivity contribution is 0.669. The van der Waals surface area contributed by atoms with Crippen LogP contribution < -0.4 is 4.90 Å². The third kappa shape index (κ3) is 5.05. The van der Waals surface area contributed by atoms with E-state index >= 15 is 0 Å². The quantitative estimate of drug-likeness (QED) is 0.172. The van der Waals surface area contributed by atoms with Crippen molar-refractivity contribution in [2.45, 2.75) is 0 Å². The van der Waals surface area contributed by atoms with Gasteiger partial charge in [0.25, 0.3) is 0 Å². The monoisotopic (exact) mass is 702 g/mol. The lowest BCUT2D eigenvalue weighted by Crippen LogP contribution is -2.11. The van der Waals surface area contributed by atoms with Crippen molar-refractivity contribution in [3.8, 4) is 27.9 Å². The topological polar surface area (TPSA) is 21.3 Å². The predicted octanol–water partition coefficient (Wildman–Crippen LogP) is 14.6. The van der Waals surface area contributed by atoms with E-state index < -0.39 is 0 Å². The number of nitrogens with zero attached hydrogens (tertiary/aromatic N) is 2. The summed E-state index contributed by atoms with van der Waals surface area (Å²) < 4.78 is 9.13. The highest BCUT2D eigenvalue weighted by Gasteiger charge is 2.23. The molecule has 3 nitrogen and oxygen atoms in total. The number of fused-ring (bicyclic) bond motifs is 7. The highest BCUT2D eigenvalue weighted by molar-refractivity contribution is 6.14. The van der Waals surface area contributed by atoms with Gasteiger partial charge in [0, 0.05) is 38.3 Å². The van der Waals surface area contributed by atoms with E-state index in [9.17, 15) is 0 Å². The molecule has 0 aliphatic rings. The van der Waals surface area contributed by atoms with Crippen molar-refractivity contribution < 1.29 is 4.42 Å². The highest BCUT2D eigenvalue weighted by Crippen LogP contribution is 2.47. The smallest absolute Gasteiger partial charge is 0.159 e. The Morgan fingerprint density at radius 2 is 0.982 bits per heavy atom. The number of anilines is 3. The van der Waals surface area contributed by atoms with Crippen LogP contribution in [0.15, 0.2) is 211 Å². The van der Waals surface area contributed by atoms with Crippen molar-refractivity contribution in [1.29, 1.82) is 0 Å². The molecule has 0 N–H and O–H groups in total. The molecule has 11 rings (SSSR count). The summed E-state index contributed by atoms with van der Waals surface area (Å²) in [5.74, 6) is 0. The van der Waals surface area contributed by atoms with Gasteiger partial charge in [-0.25, -0.2) is 0 Å². The van der Waals surface area contributed by atoms with Crippen molar-refractivity contribution in [1.82, 2.24) is 4.57 Å². The molecule has 0 amide bonds. The van der Waals surface area contributed by atoms with E-state index in [1.807, 2.05) is 6.07 Å². The molecule has 9 aromatic carbocycles. The zero-order valence-corrected chi connectivity index (χ0v) is 29.9. The lowest BCUT2D eigenvalue weighted by atomic mass is 9.94. The Morgan fingerprint density at radius 3 is 1.80 bits per heavy atom. The van der Waals surface area contributed by atoms with Crippen LogP contribution in [0.2, 0.25) is 0 Å². The molecule has 0 saturated carbocycles. The average Bonchev–Trinajstić information content (AvgIpc) is 3.81. The van der Waals surface area contributed by atoms with Crippen LogP contribution in [0.1, 0.15) is 0 Å². The summed E-state index contributed by atoms with van der Waals surface area (Å²) in [5, 5.41) is 6.99. The zero-order chi connectivity index (χ0) is 36.3. The number of hydrogen-bond donors (Lipinski definition) is 0. The predicted molar refractivity (Wildman–Crippen MR) is 231 cm³/mol. The van der Waals surface area contributed by atoms with Gasteiger partial charge in [0.05, 0.1) is 22.4 Å². The molecular weight excluding hydrogens is 669 g/mol. The summed E-state index contributed by atoms with van der Waals surface area (Å²) in [4.78, 5) is 2.39. The molecule has 0 spiro atoms. The van der Waals surface area contributed by atoms with E-state index in [1.165, 1.54) is 43.9 Å². The molecule has 0 saturated heterocycles. The maximum Gasteiger partial charge on any atom is 0.159 e. The summed E-state index contributed by atoms with van der Waals surface area (Å²) in [7, 11) is 0. The fraction of sp³-hybridized carbons (Fsp3) is 0. The molecule has 0 aliphatic heterocycles. The minimum absolute atomic E-state index is 0.858. The van der Waals surface area contributed by atoms with Crippen molar-refractivity contribution in [2.75, 3.05) is 4.90 Å². The first-order valence-corrected chi connectivity index (χ1v) is 18.8. The minimum Gasteiger partial charge on any atom is -0.454 e. The van der Waals surface area contributed by atoms with E-state index in [2.05, 4.69) is 210 Å². The Labute approximate surface area is 318 Å². The Hall–Kier alpha value is -7.36. The number of para-hydroxylation sites is 4. The van der Waals surface area contributed by atoms with Crippen LogP contribution in [0.3, 0.4) is 0 Å². The fourth-order valence-corrected chi connectivity index (χ4v) is 8.47. The van der Waals surface area contributed by atoms with E-state index in [0.717, 1.165) is 55.6 Å². The van der Waals surface area contributed by atoms with Crippen LogP contribution in [0, 0.1) is 0 Å². The van der Waals surface area contributed by atoms with Crippen molar-refractivity contribution >= 4 is 71.6 Å². The van der Waals surface area contributed by atoms with Gasteiger partial charge in [-0.05, 0) is 76.2 Å². The average molecular weight is 703 g/mol. The molecule has 3 heteroatoms. The second kappa shape index (κ2) is 12.6.